The zero-order chi connectivity index (χ0) is 23.1. The van der Waals surface area contributed by atoms with E-state index < -0.39 is 22.5 Å². The topological polar surface area (TPSA) is 97.8 Å². The molecule has 1 amide bonds. The monoisotopic (exact) mass is 455 g/mol. The molecule has 0 saturated carbocycles. The van der Waals surface area contributed by atoms with Gasteiger partial charge in [0.25, 0.3) is 10.0 Å². The highest BCUT2D eigenvalue weighted by molar-refractivity contribution is 7.92. The van der Waals surface area contributed by atoms with Crippen molar-refractivity contribution < 1.29 is 22.7 Å². The van der Waals surface area contributed by atoms with E-state index in [4.69, 9.17) is 9.47 Å². The summed E-state index contributed by atoms with van der Waals surface area (Å²) in [7, 11) is -1.13. The van der Waals surface area contributed by atoms with Crippen LogP contribution < -0.4 is 19.1 Å². The molecule has 9 heteroatoms. The Bertz CT molecular complexity index is 1170. The number of rotatable bonds is 9. The van der Waals surface area contributed by atoms with Crippen LogP contribution in [0.5, 0.6) is 11.5 Å². The predicted octanol–water partition coefficient (Wildman–Crippen LogP) is 2.92. The zero-order valence-corrected chi connectivity index (χ0v) is 18.9. The van der Waals surface area contributed by atoms with E-state index in [-0.39, 0.29) is 22.9 Å². The molecule has 168 valence electrons. The van der Waals surface area contributed by atoms with Crippen LogP contribution in [0.25, 0.3) is 0 Å². The minimum Gasteiger partial charge on any atom is -0.497 e. The first-order valence-corrected chi connectivity index (χ1v) is 11.3. The third kappa shape index (κ3) is 5.36. The molecule has 3 rings (SSSR count). The molecule has 1 heterocycles. The van der Waals surface area contributed by atoms with E-state index in [9.17, 15) is 13.2 Å². The Morgan fingerprint density at radius 2 is 1.81 bits per heavy atom. The van der Waals surface area contributed by atoms with E-state index in [1.807, 2.05) is 13.0 Å². The van der Waals surface area contributed by atoms with Crippen molar-refractivity contribution in [3.8, 4) is 11.5 Å². The fourth-order valence-corrected chi connectivity index (χ4v) is 4.45. The van der Waals surface area contributed by atoms with Crippen LogP contribution in [0.4, 0.5) is 5.69 Å². The number of aromatic nitrogens is 1. The van der Waals surface area contributed by atoms with Crippen molar-refractivity contribution in [1.82, 2.24) is 10.3 Å². The van der Waals surface area contributed by atoms with Gasteiger partial charge in [-0.1, -0.05) is 23.8 Å². The second-order valence-corrected chi connectivity index (χ2v) is 8.86. The first kappa shape index (κ1) is 23.1. The van der Waals surface area contributed by atoms with Crippen LogP contribution in [0, 0.1) is 6.92 Å². The lowest BCUT2D eigenvalue weighted by atomic mass is 10.2. The van der Waals surface area contributed by atoms with Crippen LogP contribution in [0.1, 0.15) is 11.1 Å². The molecule has 2 aromatic carbocycles. The number of carbonyl (C=O) groups excluding carboxylic acids is 1. The highest BCUT2D eigenvalue weighted by atomic mass is 32.2. The van der Waals surface area contributed by atoms with Crippen molar-refractivity contribution in [1.29, 1.82) is 0 Å². The number of ether oxygens (including phenoxy) is 2. The quantitative estimate of drug-likeness (QED) is 0.533. The molecule has 32 heavy (non-hydrogen) atoms. The number of hydrogen-bond donors (Lipinski definition) is 1. The Labute approximate surface area is 187 Å². The van der Waals surface area contributed by atoms with Gasteiger partial charge in [0.05, 0.1) is 24.8 Å². The van der Waals surface area contributed by atoms with E-state index in [2.05, 4.69) is 10.3 Å². The number of carbonyl (C=O) groups is 1. The van der Waals surface area contributed by atoms with Gasteiger partial charge in [0, 0.05) is 25.0 Å². The molecular weight excluding hydrogens is 430 g/mol. The molecule has 0 fully saturated rings. The second-order valence-electron chi connectivity index (χ2n) is 7.00. The maximum atomic E-state index is 13.5. The van der Waals surface area contributed by atoms with Gasteiger partial charge in [0.1, 0.15) is 18.0 Å². The molecule has 0 aliphatic rings. The van der Waals surface area contributed by atoms with Gasteiger partial charge in [-0.05, 0) is 42.8 Å². The average molecular weight is 456 g/mol. The number of pyridine rings is 1. The van der Waals surface area contributed by atoms with E-state index >= 15 is 0 Å². The summed E-state index contributed by atoms with van der Waals surface area (Å²) in [4.78, 5) is 16.8. The molecule has 0 aliphatic carbocycles. The van der Waals surface area contributed by atoms with Crippen LogP contribution in [0.2, 0.25) is 0 Å². The van der Waals surface area contributed by atoms with Gasteiger partial charge < -0.3 is 14.8 Å². The first-order chi connectivity index (χ1) is 15.3. The maximum Gasteiger partial charge on any atom is 0.264 e. The van der Waals surface area contributed by atoms with Crippen LogP contribution in [-0.2, 0) is 21.4 Å². The van der Waals surface area contributed by atoms with Gasteiger partial charge >= 0.3 is 0 Å². The Morgan fingerprint density at radius 3 is 2.44 bits per heavy atom. The molecule has 3 aromatic rings. The third-order valence-corrected chi connectivity index (χ3v) is 6.54. The third-order valence-electron chi connectivity index (χ3n) is 4.76. The molecule has 0 unspecified atom stereocenters. The number of sulfonamides is 1. The van der Waals surface area contributed by atoms with Gasteiger partial charge in [-0.25, -0.2) is 8.42 Å². The zero-order valence-electron chi connectivity index (χ0n) is 18.1. The van der Waals surface area contributed by atoms with Crippen molar-refractivity contribution in [3.63, 3.8) is 0 Å². The van der Waals surface area contributed by atoms with E-state index in [1.165, 1.54) is 26.4 Å². The first-order valence-electron chi connectivity index (χ1n) is 9.82. The summed E-state index contributed by atoms with van der Waals surface area (Å²) in [6, 6.07) is 14.8. The highest BCUT2D eigenvalue weighted by Gasteiger charge is 2.29. The second kappa shape index (κ2) is 10.1. The smallest absolute Gasteiger partial charge is 0.264 e. The Kier molecular flexibility index (Phi) is 7.32. The van der Waals surface area contributed by atoms with Gasteiger partial charge in [-0.15, -0.1) is 0 Å². The number of aryl methyl sites for hydroxylation is 1. The van der Waals surface area contributed by atoms with Crippen LogP contribution in [-0.4, -0.2) is 40.1 Å². The lowest BCUT2D eigenvalue weighted by molar-refractivity contribution is -0.119. The Hall–Kier alpha value is -3.59. The summed E-state index contributed by atoms with van der Waals surface area (Å²) in [6.07, 6.45) is 3.27. The largest absolute Gasteiger partial charge is 0.497 e. The van der Waals surface area contributed by atoms with Crippen molar-refractivity contribution in [3.05, 3.63) is 78.1 Å². The number of hydrogen-bond acceptors (Lipinski definition) is 6. The van der Waals surface area contributed by atoms with Crippen LogP contribution in [0.15, 0.2) is 71.9 Å². The summed E-state index contributed by atoms with van der Waals surface area (Å²) in [5.41, 5.74) is 1.95. The highest BCUT2D eigenvalue weighted by Crippen LogP contribution is 2.35. The summed E-state index contributed by atoms with van der Waals surface area (Å²) < 4.78 is 38.7. The Balaban J connectivity index is 1.96. The minimum absolute atomic E-state index is 0.0704. The standard InChI is InChI=1S/C23H25N3O5S/c1-17-6-9-20(10-7-17)32(28,29)26(21-11-8-19(30-2)13-22(21)31-3)16-23(27)25-15-18-5-4-12-24-14-18/h4-14H,15-16H2,1-3H3,(H,25,27). The molecule has 0 atom stereocenters. The summed E-state index contributed by atoms with van der Waals surface area (Å²) >= 11 is 0. The molecule has 1 aromatic heterocycles. The fourth-order valence-electron chi connectivity index (χ4n) is 3.02. The average Bonchev–Trinajstić information content (AvgIpc) is 2.81. The summed E-state index contributed by atoms with van der Waals surface area (Å²) in [5.74, 6) is 0.293. The molecule has 0 aliphatic heterocycles. The number of anilines is 1. The maximum absolute atomic E-state index is 13.5. The minimum atomic E-state index is -4.06. The van der Waals surface area contributed by atoms with E-state index in [1.54, 1.807) is 48.8 Å². The molecular formula is C23H25N3O5S. The van der Waals surface area contributed by atoms with Crippen molar-refractivity contribution >= 4 is 21.6 Å². The SMILES string of the molecule is COc1ccc(N(CC(=O)NCc2cccnc2)S(=O)(=O)c2ccc(C)cc2)c(OC)c1. The van der Waals surface area contributed by atoms with Crippen molar-refractivity contribution in [2.45, 2.75) is 18.4 Å². The van der Waals surface area contributed by atoms with Gasteiger partial charge in [0.2, 0.25) is 5.91 Å². The number of benzene rings is 2. The predicted molar refractivity (Wildman–Crippen MR) is 121 cm³/mol. The van der Waals surface area contributed by atoms with Crippen LogP contribution in [0.3, 0.4) is 0 Å². The van der Waals surface area contributed by atoms with Gasteiger partial charge in [-0.3, -0.25) is 14.1 Å². The molecule has 0 bridgehead atoms. The number of amides is 1. The fraction of sp³-hybridized carbons (Fsp3) is 0.217. The normalized spacial score (nSPS) is 11.0. The molecule has 0 radical (unpaired) electrons. The van der Waals surface area contributed by atoms with Crippen molar-refractivity contribution in [2.24, 2.45) is 0 Å². The molecule has 0 saturated heterocycles. The number of nitrogens with one attached hydrogen (secondary N) is 1. The summed E-state index contributed by atoms with van der Waals surface area (Å²) in [6.45, 7) is 1.66. The van der Waals surface area contributed by atoms with Gasteiger partial charge in [0.15, 0.2) is 0 Å². The number of nitrogens with zero attached hydrogens (tertiary/aromatic N) is 2. The van der Waals surface area contributed by atoms with Crippen LogP contribution >= 0.6 is 0 Å². The summed E-state index contributed by atoms with van der Waals surface area (Å²) in [5, 5.41) is 2.74. The van der Waals surface area contributed by atoms with E-state index in [0.717, 1.165) is 15.4 Å². The van der Waals surface area contributed by atoms with E-state index in [0.29, 0.717) is 5.75 Å². The lowest BCUT2D eigenvalue weighted by Crippen LogP contribution is -2.40. The molecule has 0 spiro atoms. The lowest BCUT2D eigenvalue weighted by Gasteiger charge is -2.26. The number of methoxy groups -OCH3 is 2. The molecule has 1 N–H and O–H groups in total. The van der Waals surface area contributed by atoms with Gasteiger partial charge in [-0.2, -0.15) is 0 Å². The molecule has 8 nitrogen and oxygen atoms in total. The Morgan fingerprint density at radius 1 is 1.06 bits per heavy atom. The van der Waals surface area contributed by atoms with Crippen molar-refractivity contribution in [2.75, 3.05) is 25.1 Å².